The zero-order chi connectivity index (χ0) is 19.0. The van der Waals surface area contributed by atoms with Gasteiger partial charge in [-0.05, 0) is 35.4 Å². The molecular weight excluding hydrogens is 354 g/mol. The average Bonchev–Trinajstić information content (AvgIpc) is 2.52. The lowest BCUT2D eigenvalue weighted by molar-refractivity contribution is -0.147. The predicted octanol–water partition coefficient (Wildman–Crippen LogP) is 4.51. The van der Waals surface area contributed by atoms with Crippen LogP contribution in [-0.4, -0.2) is 16.2 Å². The summed E-state index contributed by atoms with van der Waals surface area (Å²) in [4.78, 5) is 11.0. The highest BCUT2D eigenvalue weighted by Crippen LogP contribution is 2.38. The van der Waals surface area contributed by atoms with E-state index >= 15 is 0 Å². The Morgan fingerprint density at radius 1 is 0.880 bits per heavy atom. The van der Waals surface area contributed by atoms with Crippen LogP contribution < -0.4 is 0 Å². The Balaban J connectivity index is 2.67. The minimum absolute atomic E-state index is 0.168. The molecule has 2 rings (SSSR count). The van der Waals surface area contributed by atoms with E-state index < -0.39 is 41.1 Å². The molecular formula is C16H10F6O3. The van der Waals surface area contributed by atoms with Gasteiger partial charge in [-0.3, -0.25) is 0 Å². The zero-order valence-electron chi connectivity index (χ0n) is 12.2. The first-order chi connectivity index (χ1) is 11.4. The molecule has 0 aliphatic heterocycles. The number of alkyl halides is 6. The Morgan fingerprint density at radius 3 is 1.96 bits per heavy atom. The van der Waals surface area contributed by atoms with Crippen molar-refractivity contribution >= 4 is 5.97 Å². The number of hydrogen-bond donors (Lipinski definition) is 2. The van der Waals surface area contributed by atoms with Crippen LogP contribution in [0.15, 0.2) is 42.5 Å². The van der Waals surface area contributed by atoms with Gasteiger partial charge in [-0.1, -0.05) is 18.2 Å². The van der Waals surface area contributed by atoms with Gasteiger partial charge >= 0.3 is 18.3 Å². The molecule has 134 valence electrons. The van der Waals surface area contributed by atoms with Crippen LogP contribution in [0.4, 0.5) is 26.3 Å². The monoisotopic (exact) mass is 364 g/mol. The molecule has 0 saturated carbocycles. The van der Waals surface area contributed by atoms with Gasteiger partial charge in [-0.2, -0.15) is 26.3 Å². The van der Waals surface area contributed by atoms with E-state index in [0.717, 1.165) is 18.2 Å². The summed E-state index contributed by atoms with van der Waals surface area (Å²) in [5.41, 5.74) is -3.34. The van der Waals surface area contributed by atoms with Crippen LogP contribution in [0.1, 0.15) is 22.8 Å². The third-order valence-corrected chi connectivity index (χ3v) is 3.41. The molecule has 25 heavy (non-hydrogen) atoms. The lowest BCUT2D eigenvalue weighted by Crippen LogP contribution is -2.14. The summed E-state index contributed by atoms with van der Waals surface area (Å²) in [6.45, 7) is 0. The van der Waals surface area contributed by atoms with Crippen molar-refractivity contribution in [3.05, 3.63) is 59.2 Å². The van der Waals surface area contributed by atoms with Gasteiger partial charge in [0.1, 0.15) is 0 Å². The van der Waals surface area contributed by atoms with E-state index in [0.29, 0.717) is 18.2 Å². The minimum atomic E-state index is -4.81. The van der Waals surface area contributed by atoms with E-state index in [1.54, 1.807) is 0 Å². The molecule has 0 aliphatic carbocycles. The second-order valence-electron chi connectivity index (χ2n) is 5.12. The highest BCUT2D eigenvalue weighted by Gasteiger charge is 2.34. The number of carbonyl (C=O) groups is 1. The Kier molecular flexibility index (Phi) is 4.81. The number of rotatable bonds is 3. The minimum Gasteiger partial charge on any atom is -0.479 e. The highest BCUT2D eigenvalue weighted by molar-refractivity contribution is 5.80. The molecule has 0 fully saturated rings. The van der Waals surface area contributed by atoms with Crippen molar-refractivity contribution < 1.29 is 41.4 Å². The van der Waals surface area contributed by atoms with Crippen LogP contribution >= 0.6 is 0 Å². The number of aliphatic carboxylic acids is 1. The van der Waals surface area contributed by atoms with E-state index in [1.807, 2.05) is 0 Å². The summed E-state index contributed by atoms with van der Waals surface area (Å²) in [5, 5.41) is 18.5. The van der Waals surface area contributed by atoms with Crippen molar-refractivity contribution in [1.29, 1.82) is 0 Å². The van der Waals surface area contributed by atoms with Gasteiger partial charge < -0.3 is 10.2 Å². The van der Waals surface area contributed by atoms with Gasteiger partial charge in [0.25, 0.3) is 0 Å². The topological polar surface area (TPSA) is 57.5 Å². The van der Waals surface area contributed by atoms with Gasteiger partial charge in [0.05, 0.1) is 11.1 Å². The van der Waals surface area contributed by atoms with Gasteiger partial charge in [0, 0.05) is 5.56 Å². The first kappa shape index (κ1) is 18.8. The number of carboxylic acid groups (broad SMARTS) is 1. The zero-order valence-corrected chi connectivity index (χ0v) is 12.2. The molecule has 9 heteroatoms. The van der Waals surface area contributed by atoms with E-state index in [9.17, 15) is 36.2 Å². The van der Waals surface area contributed by atoms with Crippen molar-refractivity contribution in [2.75, 3.05) is 0 Å². The molecule has 0 aliphatic rings. The van der Waals surface area contributed by atoms with E-state index in [2.05, 4.69) is 0 Å². The summed E-state index contributed by atoms with van der Waals surface area (Å²) in [6, 6.07) is 5.49. The fourth-order valence-electron chi connectivity index (χ4n) is 2.22. The molecule has 0 radical (unpaired) electrons. The number of halogens is 6. The molecule has 3 nitrogen and oxygen atoms in total. The molecule has 0 heterocycles. The highest BCUT2D eigenvalue weighted by atomic mass is 19.4. The van der Waals surface area contributed by atoms with Crippen molar-refractivity contribution in [2.45, 2.75) is 18.5 Å². The van der Waals surface area contributed by atoms with Crippen LogP contribution in [0.2, 0.25) is 0 Å². The Morgan fingerprint density at radius 2 is 1.44 bits per heavy atom. The van der Waals surface area contributed by atoms with Crippen LogP contribution in [0.3, 0.4) is 0 Å². The predicted molar refractivity (Wildman–Crippen MR) is 74.5 cm³/mol. The fourth-order valence-corrected chi connectivity index (χ4v) is 2.22. The first-order valence-corrected chi connectivity index (χ1v) is 6.71. The molecule has 2 N–H and O–H groups in total. The normalized spacial score (nSPS) is 13.6. The largest absolute Gasteiger partial charge is 0.479 e. The second kappa shape index (κ2) is 6.40. The maximum Gasteiger partial charge on any atom is 0.416 e. The Hall–Kier alpha value is -2.55. The molecule has 1 unspecified atom stereocenters. The molecule has 0 saturated heterocycles. The van der Waals surface area contributed by atoms with Crippen molar-refractivity contribution in [3.8, 4) is 11.1 Å². The molecule has 0 aromatic heterocycles. The first-order valence-electron chi connectivity index (χ1n) is 6.71. The molecule has 0 spiro atoms. The molecule has 2 aromatic rings. The van der Waals surface area contributed by atoms with Gasteiger partial charge in [0.2, 0.25) is 0 Å². The number of aliphatic hydroxyl groups is 1. The third-order valence-electron chi connectivity index (χ3n) is 3.41. The van der Waals surface area contributed by atoms with Crippen LogP contribution in [0.25, 0.3) is 11.1 Å². The molecule has 0 amide bonds. The maximum atomic E-state index is 12.8. The summed E-state index contributed by atoms with van der Waals surface area (Å²) in [5.74, 6) is -1.83. The van der Waals surface area contributed by atoms with E-state index in [4.69, 9.17) is 5.11 Å². The van der Waals surface area contributed by atoms with Crippen LogP contribution in [-0.2, 0) is 17.1 Å². The van der Waals surface area contributed by atoms with Gasteiger partial charge in [0.15, 0.2) is 6.10 Å². The third kappa shape index (κ3) is 4.11. The lowest BCUT2D eigenvalue weighted by atomic mass is 9.93. The van der Waals surface area contributed by atoms with Crippen molar-refractivity contribution in [3.63, 3.8) is 0 Å². The van der Waals surface area contributed by atoms with Crippen molar-refractivity contribution in [2.24, 2.45) is 0 Å². The van der Waals surface area contributed by atoms with Crippen molar-refractivity contribution in [1.82, 2.24) is 0 Å². The molecule has 1 atom stereocenters. The van der Waals surface area contributed by atoms with Gasteiger partial charge in [-0.25, -0.2) is 4.79 Å². The molecule has 2 aromatic carbocycles. The molecule has 0 bridgehead atoms. The summed E-state index contributed by atoms with van der Waals surface area (Å²) < 4.78 is 76.8. The SMILES string of the molecule is O=C(O)C(O)c1cc(C(F)(F)F)ccc1-c1cccc(C(F)(F)F)c1. The Bertz CT molecular complexity index is 795. The second-order valence-corrected chi connectivity index (χ2v) is 5.12. The summed E-state index contributed by atoms with van der Waals surface area (Å²) in [6.07, 6.45) is -11.8. The lowest BCUT2D eigenvalue weighted by Gasteiger charge is -2.17. The summed E-state index contributed by atoms with van der Waals surface area (Å²) in [7, 11) is 0. The summed E-state index contributed by atoms with van der Waals surface area (Å²) >= 11 is 0. The average molecular weight is 364 g/mol. The number of benzene rings is 2. The van der Waals surface area contributed by atoms with Crippen LogP contribution in [0.5, 0.6) is 0 Å². The smallest absolute Gasteiger partial charge is 0.416 e. The van der Waals surface area contributed by atoms with E-state index in [-0.39, 0.29) is 11.1 Å². The van der Waals surface area contributed by atoms with Crippen LogP contribution in [0, 0.1) is 0 Å². The van der Waals surface area contributed by atoms with Gasteiger partial charge in [-0.15, -0.1) is 0 Å². The number of aliphatic hydroxyl groups excluding tert-OH is 1. The quantitative estimate of drug-likeness (QED) is 0.788. The standard InChI is InChI=1S/C16H10F6O3/c17-15(18,19)9-3-1-2-8(6-9)11-5-4-10(16(20,21)22)7-12(11)13(23)14(24)25/h1-7,13,23H,(H,24,25). The fraction of sp³-hybridized carbons (Fsp3) is 0.188. The number of carboxylic acids is 1. The maximum absolute atomic E-state index is 12.8. The number of hydrogen-bond acceptors (Lipinski definition) is 2. The van der Waals surface area contributed by atoms with E-state index in [1.165, 1.54) is 6.07 Å². The Labute approximate surface area is 137 Å².